The molecule has 28 heavy (non-hydrogen) atoms. The Kier molecular flexibility index (Phi) is 5.72. The van der Waals surface area contributed by atoms with Crippen molar-refractivity contribution in [2.24, 2.45) is 12.0 Å². The number of anilines is 1. The van der Waals surface area contributed by atoms with Crippen LogP contribution in [0.4, 0.5) is 5.69 Å². The first-order valence-electron chi connectivity index (χ1n) is 9.62. The number of guanidine groups is 1. The quantitative estimate of drug-likeness (QED) is 0.648. The van der Waals surface area contributed by atoms with Crippen LogP contribution < -0.4 is 10.2 Å². The summed E-state index contributed by atoms with van der Waals surface area (Å²) in [6.07, 6.45) is 3.59. The maximum absolute atomic E-state index is 12.7. The monoisotopic (exact) mass is 382 g/mol. The van der Waals surface area contributed by atoms with E-state index in [0.717, 1.165) is 24.7 Å². The number of nitrogens with zero attached hydrogens (tertiary/aromatic N) is 5. The van der Waals surface area contributed by atoms with Crippen LogP contribution in [0.1, 0.15) is 25.0 Å². The van der Waals surface area contributed by atoms with E-state index in [1.54, 1.807) is 22.8 Å². The van der Waals surface area contributed by atoms with Crippen LogP contribution in [0.15, 0.2) is 41.7 Å². The minimum atomic E-state index is -0.0521. The third-order valence-electron chi connectivity index (χ3n) is 5.22. The molecule has 3 rings (SSSR count). The highest BCUT2D eigenvalue weighted by Crippen LogP contribution is 2.23. The summed E-state index contributed by atoms with van der Waals surface area (Å²) in [5, 5.41) is 7.63. The molecule has 0 bridgehead atoms. The largest absolute Gasteiger partial charge is 0.355 e. The Balaban J connectivity index is 1.62. The topological polar surface area (TPSA) is 65.8 Å². The van der Waals surface area contributed by atoms with Gasteiger partial charge in [-0.25, -0.2) is 0 Å². The lowest BCUT2D eigenvalue weighted by Gasteiger charge is -2.36. The van der Waals surface area contributed by atoms with Gasteiger partial charge < -0.3 is 15.1 Å². The van der Waals surface area contributed by atoms with Crippen molar-refractivity contribution < 1.29 is 4.79 Å². The molecule has 0 unspecified atom stereocenters. The van der Waals surface area contributed by atoms with Gasteiger partial charge in [0.05, 0.1) is 11.9 Å². The number of hydrogen-bond acceptors (Lipinski definition) is 3. The zero-order chi connectivity index (χ0) is 20.3. The van der Waals surface area contributed by atoms with Gasteiger partial charge in [0.15, 0.2) is 5.96 Å². The molecule has 1 aromatic heterocycles. The van der Waals surface area contributed by atoms with Gasteiger partial charge in [-0.3, -0.25) is 14.5 Å². The maximum atomic E-state index is 12.7. The van der Waals surface area contributed by atoms with Crippen LogP contribution in [0.5, 0.6) is 0 Å². The maximum Gasteiger partial charge on any atom is 0.246 e. The van der Waals surface area contributed by atoms with Crippen LogP contribution in [0.25, 0.3) is 0 Å². The number of carbonyl (C=O) groups excluding carboxylic acids is 1. The van der Waals surface area contributed by atoms with Crippen LogP contribution >= 0.6 is 0 Å². The number of piperazine rings is 1. The lowest BCUT2D eigenvalue weighted by Crippen LogP contribution is -2.56. The number of aliphatic imine (C=N–C) groups is 1. The molecule has 1 saturated heterocycles. The SMILES string of the molecule is CN=C(NCC(C)(C)c1cccc(C)c1)N1CCN(c2cnn(C)c2)C(=O)C1. The molecule has 1 fully saturated rings. The molecule has 150 valence electrons. The van der Waals surface area contributed by atoms with Crippen molar-refractivity contribution in [2.45, 2.75) is 26.2 Å². The van der Waals surface area contributed by atoms with E-state index in [0.29, 0.717) is 13.1 Å². The molecule has 0 aliphatic carbocycles. The van der Waals surface area contributed by atoms with E-state index in [-0.39, 0.29) is 11.3 Å². The van der Waals surface area contributed by atoms with Crippen LogP contribution in [0.3, 0.4) is 0 Å². The van der Waals surface area contributed by atoms with E-state index in [2.05, 4.69) is 60.4 Å². The molecule has 2 heterocycles. The van der Waals surface area contributed by atoms with Gasteiger partial charge in [-0.15, -0.1) is 0 Å². The first-order valence-corrected chi connectivity index (χ1v) is 9.62. The highest BCUT2D eigenvalue weighted by molar-refractivity contribution is 5.98. The van der Waals surface area contributed by atoms with Gasteiger partial charge in [0, 0.05) is 45.3 Å². The Labute approximate surface area is 167 Å². The molecule has 1 aromatic carbocycles. The summed E-state index contributed by atoms with van der Waals surface area (Å²) in [7, 11) is 3.62. The first-order chi connectivity index (χ1) is 13.3. The fourth-order valence-electron chi connectivity index (χ4n) is 3.48. The fourth-order valence-corrected chi connectivity index (χ4v) is 3.48. The van der Waals surface area contributed by atoms with Crippen molar-refractivity contribution >= 4 is 17.6 Å². The normalized spacial score (nSPS) is 15.9. The highest BCUT2D eigenvalue weighted by Gasteiger charge is 2.29. The van der Waals surface area contributed by atoms with Gasteiger partial charge in [-0.2, -0.15) is 5.10 Å². The van der Waals surface area contributed by atoms with E-state index in [9.17, 15) is 4.79 Å². The number of aromatic nitrogens is 2. The van der Waals surface area contributed by atoms with E-state index in [4.69, 9.17) is 0 Å². The minimum absolute atomic E-state index is 0.0521. The number of amides is 1. The molecule has 0 spiro atoms. The predicted molar refractivity (Wildman–Crippen MR) is 113 cm³/mol. The molecule has 0 saturated carbocycles. The molecule has 1 aliphatic rings. The first kappa shape index (κ1) is 19.9. The molecular weight excluding hydrogens is 352 g/mol. The van der Waals surface area contributed by atoms with Crippen LogP contribution in [0.2, 0.25) is 0 Å². The molecule has 7 nitrogen and oxygen atoms in total. The van der Waals surface area contributed by atoms with Gasteiger partial charge in [-0.05, 0) is 12.5 Å². The summed E-state index contributed by atoms with van der Waals surface area (Å²) in [5.74, 6) is 0.819. The highest BCUT2D eigenvalue weighted by atomic mass is 16.2. The van der Waals surface area contributed by atoms with Gasteiger partial charge in [-0.1, -0.05) is 43.7 Å². The summed E-state index contributed by atoms with van der Waals surface area (Å²) in [4.78, 5) is 20.9. The Morgan fingerprint density at radius 2 is 2.11 bits per heavy atom. The fraction of sp³-hybridized carbons (Fsp3) is 0.476. The van der Waals surface area contributed by atoms with Gasteiger partial charge in [0.2, 0.25) is 5.91 Å². The Hall–Kier alpha value is -2.83. The van der Waals surface area contributed by atoms with Crippen molar-refractivity contribution in [1.29, 1.82) is 0 Å². The zero-order valence-corrected chi connectivity index (χ0v) is 17.4. The number of aryl methyl sites for hydroxylation is 2. The van der Waals surface area contributed by atoms with Crippen LogP contribution in [0, 0.1) is 6.92 Å². The molecule has 2 aromatic rings. The van der Waals surface area contributed by atoms with Crippen molar-refractivity contribution in [3.8, 4) is 0 Å². The van der Waals surface area contributed by atoms with Crippen LogP contribution in [-0.2, 0) is 17.3 Å². The van der Waals surface area contributed by atoms with Crippen molar-refractivity contribution in [3.63, 3.8) is 0 Å². The molecular formula is C21H30N6O. The minimum Gasteiger partial charge on any atom is -0.355 e. The Bertz CT molecular complexity index is 869. The number of hydrogen-bond donors (Lipinski definition) is 1. The molecule has 1 aliphatic heterocycles. The molecule has 0 atom stereocenters. The van der Waals surface area contributed by atoms with Gasteiger partial charge in [0.25, 0.3) is 0 Å². The lowest BCUT2D eigenvalue weighted by atomic mass is 9.84. The second kappa shape index (κ2) is 8.04. The Morgan fingerprint density at radius 3 is 2.71 bits per heavy atom. The van der Waals surface area contributed by atoms with Gasteiger partial charge in [0.1, 0.15) is 6.54 Å². The molecule has 1 N–H and O–H groups in total. The second-order valence-electron chi connectivity index (χ2n) is 7.99. The summed E-state index contributed by atoms with van der Waals surface area (Å²) < 4.78 is 1.71. The number of rotatable bonds is 4. The summed E-state index contributed by atoms with van der Waals surface area (Å²) >= 11 is 0. The van der Waals surface area contributed by atoms with Crippen LogP contribution in [-0.4, -0.2) is 59.8 Å². The average Bonchev–Trinajstić information content (AvgIpc) is 3.08. The van der Waals surface area contributed by atoms with Gasteiger partial charge >= 0.3 is 0 Å². The number of nitrogens with one attached hydrogen (secondary N) is 1. The van der Waals surface area contributed by atoms with E-state index in [1.165, 1.54) is 11.1 Å². The van der Waals surface area contributed by atoms with Crippen molar-refractivity contribution in [1.82, 2.24) is 20.0 Å². The van der Waals surface area contributed by atoms with E-state index in [1.807, 2.05) is 18.1 Å². The molecule has 7 heteroatoms. The van der Waals surface area contributed by atoms with E-state index < -0.39 is 0 Å². The van der Waals surface area contributed by atoms with Crippen molar-refractivity contribution in [3.05, 3.63) is 47.8 Å². The smallest absolute Gasteiger partial charge is 0.246 e. The standard InChI is InChI=1S/C21H30N6O/c1-16-7-6-8-17(11-16)21(2,3)15-23-20(22-4)26-9-10-27(19(28)14-26)18-12-24-25(5)13-18/h6-8,11-13H,9-10,14-15H2,1-5H3,(H,22,23). The zero-order valence-electron chi connectivity index (χ0n) is 17.4. The lowest BCUT2D eigenvalue weighted by molar-refractivity contribution is -0.120. The number of carbonyl (C=O) groups is 1. The third-order valence-corrected chi connectivity index (χ3v) is 5.22. The van der Waals surface area contributed by atoms with Crippen molar-refractivity contribution in [2.75, 3.05) is 38.1 Å². The number of benzene rings is 1. The summed E-state index contributed by atoms with van der Waals surface area (Å²) in [6, 6.07) is 8.59. The Morgan fingerprint density at radius 1 is 1.32 bits per heavy atom. The summed E-state index contributed by atoms with van der Waals surface area (Å²) in [6.45, 7) is 8.93. The summed E-state index contributed by atoms with van der Waals surface area (Å²) in [5.41, 5.74) is 3.33. The van der Waals surface area contributed by atoms with E-state index >= 15 is 0 Å². The average molecular weight is 383 g/mol. The molecule has 0 radical (unpaired) electrons. The second-order valence-corrected chi connectivity index (χ2v) is 7.99. The predicted octanol–water partition coefficient (Wildman–Crippen LogP) is 1.93. The molecule has 1 amide bonds. The third kappa shape index (κ3) is 4.35.